The summed E-state index contributed by atoms with van der Waals surface area (Å²) in [5.74, 6) is 0.540. The molecular weight excluding hydrogens is 395 g/mol. The van der Waals surface area contributed by atoms with Crippen LogP contribution in [0.5, 0.6) is 0 Å². The third kappa shape index (κ3) is 4.24. The van der Waals surface area contributed by atoms with Gasteiger partial charge in [-0.25, -0.2) is 4.39 Å². The number of amides is 1. The summed E-state index contributed by atoms with van der Waals surface area (Å²) in [5.41, 5.74) is 2.22. The third-order valence-electron chi connectivity index (χ3n) is 5.04. The van der Waals surface area contributed by atoms with E-state index in [0.717, 1.165) is 11.3 Å². The first-order valence-electron chi connectivity index (χ1n) is 9.37. The lowest BCUT2D eigenvalue weighted by Crippen LogP contribution is -2.49. The van der Waals surface area contributed by atoms with Crippen LogP contribution in [0.2, 0.25) is 5.02 Å². The fraction of sp³-hybridized carbons (Fsp3) is 0.286. The van der Waals surface area contributed by atoms with Crippen molar-refractivity contribution in [2.45, 2.75) is 13.3 Å². The van der Waals surface area contributed by atoms with Gasteiger partial charge >= 0.3 is 0 Å². The van der Waals surface area contributed by atoms with Crippen LogP contribution >= 0.6 is 11.6 Å². The summed E-state index contributed by atoms with van der Waals surface area (Å²) in [6.07, 6.45) is -0.0235. The highest BCUT2D eigenvalue weighted by atomic mass is 35.5. The van der Waals surface area contributed by atoms with Gasteiger partial charge in [-0.1, -0.05) is 22.8 Å². The molecule has 0 aliphatic carbocycles. The fourth-order valence-electron chi connectivity index (χ4n) is 3.42. The van der Waals surface area contributed by atoms with Gasteiger partial charge in [-0.2, -0.15) is 4.98 Å². The summed E-state index contributed by atoms with van der Waals surface area (Å²) in [6.45, 7) is 4.33. The van der Waals surface area contributed by atoms with Gasteiger partial charge in [0.2, 0.25) is 17.6 Å². The van der Waals surface area contributed by atoms with Crippen LogP contribution in [0.3, 0.4) is 0 Å². The minimum absolute atomic E-state index is 0.0235. The number of nitrogens with zero attached hydrogens (tertiary/aromatic N) is 4. The largest absolute Gasteiger partial charge is 0.368 e. The van der Waals surface area contributed by atoms with Crippen molar-refractivity contribution in [2.24, 2.45) is 0 Å². The molecule has 8 heteroatoms. The molecule has 1 saturated heterocycles. The summed E-state index contributed by atoms with van der Waals surface area (Å²) in [5, 5.41) is 4.21. The van der Waals surface area contributed by atoms with Gasteiger partial charge in [0, 0.05) is 54.9 Å². The number of aromatic nitrogens is 2. The van der Waals surface area contributed by atoms with Crippen molar-refractivity contribution in [3.63, 3.8) is 0 Å². The number of anilines is 1. The summed E-state index contributed by atoms with van der Waals surface area (Å²) in [4.78, 5) is 20.8. The fourth-order valence-corrected chi connectivity index (χ4v) is 3.65. The SMILES string of the molecule is Cc1nc(-c2ccc(N3CCN(C(=O)Cc4c(F)cccc4Cl)CC3)cc2)no1. The molecule has 6 nitrogen and oxygen atoms in total. The van der Waals surface area contributed by atoms with Crippen LogP contribution in [0.25, 0.3) is 11.4 Å². The Labute approximate surface area is 172 Å². The summed E-state index contributed by atoms with van der Waals surface area (Å²) in [7, 11) is 0. The molecule has 0 bridgehead atoms. The monoisotopic (exact) mass is 414 g/mol. The van der Waals surface area contributed by atoms with Gasteiger partial charge in [-0.05, 0) is 36.4 Å². The molecule has 150 valence electrons. The highest BCUT2D eigenvalue weighted by Gasteiger charge is 2.23. The van der Waals surface area contributed by atoms with Crippen molar-refractivity contribution in [2.75, 3.05) is 31.1 Å². The number of carbonyl (C=O) groups excluding carboxylic acids is 1. The van der Waals surface area contributed by atoms with Crippen LogP contribution in [-0.2, 0) is 11.2 Å². The Morgan fingerprint density at radius 3 is 2.48 bits per heavy atom. The molecule has 0 spiro atoms. The minimum Gasteiger partial charge on any atom is -0.368 e. The lowest BCUT2D eigenvalue weighted by molar-refractivity contribution is -0.130. The molecule has 0 saturated carbocycles. The Hall–Kier alpha value is -2.93. The van der Waals surface area contributed by atoms with E-state index in [1.165, 1.54) is 12.1 Å². The normalized spacial score (nSPS) is 14.3. The number of halogens is 2. The highest BCUT2D eigenvalue weighted by molar-refractivity contribution is 6.31. The number of hydrogen-bond donors (Lipinski definition) is 0. The predicted molar refractivity (Wildman–Crippen MR) is 108 cm³/mol. The van der Waals surface area contributed by atoms with Gasteiger partial charge in [-0.15, -0.1) is 0 Å². The molecule has 0 radical (unpaired) electrons. The van der Waals surface area contributed by atoms with E-state index in [4.69, 9.17) is 16.1 Å². The number of hydrogen-bond acceptors (Lipinski definition) is 5. The number of benzene rings is 2. The van der Waals surface area contributed by atoms with Crippen molar-refractivity contribution < 1.29 is 13.7 Å². The number of piperazine rings is 1. The zero-order valence-electron chi connectivity index (χ0n) is 15.9. The van der Waals surface area contributed by atoms with E-state index < -0.39 is 5.82 Å². The minimum atomic E-state index is -0.443. The van der Waals surface area contributed by atoms with Crippen LogP contribution in [-0.4, -0.2) is 47.1 Å². The van der Waals surface area contributed by atoms with Crippen molar-refractivity contribution in [1.82, 2.24) is 15.0 Å². The molecule has 1 aliphatic rings. The predicted octanol–water partition coefficient (Wildman–Crippen LogP) is 3.73. The molecule has 29 heavy (non-hydrogen) atoms. The van der Waals surface area contributed by atoms with Crippen molar-refractivity contribution in [3.05, 3.63) is 64.8 Å². The molecule has 0 unspecified atom stereocenters. The van der Waals surface area contributed by atoms with Crippen LogP contribution < -0.4 is 4.90 Å². The lowest BCUT2D eigenvalue weighted by Gasteiger charge is -2.36. The summed E-state index contributed by atoms with van der Waals surface area (Å²) < 4.78 is 19.0. The topological polar surface area (TPSA) is 62.5 Å². The van der Waals surface area contributed by atoms with Crippen LogP contribution in [0.15, 0.2) is 47.0 Å². The summed E-state index contributed by atoms with van der Waals surface area (Å²) in [6, 6.07) is 12.4. The number of rotatable bonds is 4. The first-order chi connectivity index (χ1) is 14.0. The number of carbonyl (C=O) groups is 1. The third-order valence-corrected chi connectivity index (χ3v) is 5.39. The zero-order valence-corrected chi connectivity index (χ0v) is 16.7. The van der Waals surface area contributed by atoms with Gasteiger partial charge in [0.15, 0.2) is 0 Å². The molecule has 4 rings (SSSR count). The molecule has 0 atom stereocenters. The van der Waals surface area contributed by atoms with Crippen LogP contribution in [0.4, 0.5) is 10.1 Å². The summed E-state index contributed by atoms with van der Waals surface area (Å²) >= 11 is 6.04. The second kappa shape index (κ2) is 8.21. The van der Waals surface area contributed by atoms with E-state index in [1.807, 2.05) is 24.3 Å². The van der Waals surface area contributed by atoms with E-state index in [0.29, 0.717) is 37.9 Å². The molecule has 1 fully saturated rings. The molecule has 3 aromatic rings. The van der Waals surface area contributed by atoms with E-state index in [9.17, 15) is 9.18 Å². The molecule has 0 N–H and O–H groups in total. The Morgan fingerprint density at radius 1 is 1.14 bits per heavy atom. The first-order valence-corrected chi connectivity index (χ1v) is 9.75. The standard InChI is InChI=1S/C21H20ClFN4O2/c1-14-24-21(25-29-14)15-5-7-16(8-6-15)26-9-11-27(12-10-26)20(28)13-17-18(22)3-2-4-19(17)23/h2-8H,9-13H2,1H3. The molecule has 2 aromatic carbocycles. The zero-order chi connectivity index (χ0) is 20.4. The maximum Gasteiger partial charge on any atom is 0.227 e. The Balaban J connectivity index is 1.36. The highest BCUT2D eigenvalue weighted by Crippen LogP contribution is 2.23. The van der Waals surface area contributed by atoms with E-state index in [1.54, 1.807) is 17.9 Å². The Bertz CT molecular complexity index is 994. The second-order valence-electron chi connectivity index (χ2n) is 6.93. The Morgan fingerprint density at radius 2 is 1.86 bits per heavy atom. The van der Waals surface area contributed by atoms with Crippen LogP contribution in [0.1, 0.15) is 11.5 Å². The van der Waals surface area contributed by atoms with E-state index >= 15 is 0 Å². The van der Waals surface area contributed by atoms with E-state index in [2.05, 4.69) is 15.0 Å². The van der Waals surface area contributed by atoms with Gasteiger partial charge < -0.3 is 14.3 Å². The maximum atomic E-state index is 13.9. The van der Waals surface area contributed by atoms with Crippen LogP contribution in [0, 0.1) is 12.7 Å². The molecule has 1 aromatic heterocycles. The second-order valence-corrected chi connectivity index (χ2v) is 7.34. The average Bonchev–Trinajstić information content (AvgIpc) is 3.17. The molecule has 2 heterocycles. The van der Waals surface area contributed by atoms with Gasteiger partial charge in [0.05, 0.1) is 6.42 Å². The molecule has 1 aliphatic heterocycles. The smallest absolute Gasteiger partial charge is 0.227 e. The van der Waals surface area contributed by atoms with E-state index in [-0.39, 0.29) is 22.9 Å². The van der Waals surface area contributed by atoms with Gasteiger partial charge in [0.1, 0.15) is 5.82 Å². The lowest BCUT2D eigenvalue weighted by atomic mass is 10.1. The van der Waals surface area contributed by atoms with Crippen molar-refractivity contribution >= 4 is 23.2 Å². The quantitative estimate of drug-likeness (QED) is 0.651. The Kier molecular flexibility index (Phi) is 5.49. The molecular formula is C21H20ClFN4O2. The maximum absolute atomic E-state index is 13.9. The van der Waals surface area contributed by atoms with Gasteiger partial charge in [0.25, 0.3) is 0 Å². The van der Waals surface area contributed by atoms with Crippen molar-refractivity contribution in [3.8, 4) is 11.4 Å². The van der Waals surface area contributed by atoms with Crippen molar-refractivity contribution in [1.29, 1.82) is 0 Å². The molecule has 1 amide bonds. The average molecular weight is 415 g/mol. The first kappa shape index (κ1) is 19.4. The number of aryl methyl sites for hydroxylation is 1. The van der Waals surface area contributed by atoms with Gasteiger partial charge in [-0.3, -0.25) is 4.79 Å².